The normalized spacial score (nSPS) is 11.1. The van der Waals surface area contributed by atoms with Crippen molar-refractivity contribution in [2.75, 3.05) is 5.32 Å². The van der Waals surface area contributed by atoms with Crippen LogP contribution in [0.4, 0.5) is 5.69 Å². The van der Waals surface area contributed by atoms with Crippen molar-refractivity contribution in [3.63, 3.8) is 0 Å². The van der Waals surface area contributed by atoms with Crippen molar-refractivity contribution in [1.29, 1.82) is 0 Å². The predicted molar refractivity (Wildman–Crippen MR) is 106 cm³/mol. The number of carbonyl (C=O) groups is 1. The minimum Gasteiger partial charge on any atom is -0.459 e. The topological polar surface area (TPSA) is 70.9 Å². The molecule has 0 fully saturated rings. The van der Waals surface area contributed by atoms with Crippen molar-refractivity contribution in [1.82, 2.24) is 9.97 Å². The maximum absolute atomic E-state index is 12.0. The summed E-state index contributed by atoms with van der Waals surface area (Å²) in [7, 11) is 0. The zero-order valence-corrected chi connectivity index (χ0v) is 14.3. The summed E-state index contributed by atoms with van der Waals surface area (Å²) in [6.07, 6.45) is 1.48. The monoisotopic (exact) mass is 353 g/mol. The van der Waals surface area contributed by atoms with Gasteiger partial charge in [0.2, 0.25) is 0 Å². The standard InChI is InChI=1S/C22H15N3O2/c26-22(20-6-3-11-27-20)23-17-9-7-14(8-10-17)21-24-18-12-15-4-1-2-5-16(15)13-19(18)25-21/h1-13H,(H,23,26)(H,24,25). The summed E-state index contributed by atoms with van der Waals surface area (Å²) in [6.45, 7) is 0. The molecule has 5 rings (SSSR count). The highest BCUT2D eigenvalue weighted by Gasteiger charge is 2.10. The molecule has 0 aliphatic heterocycles. The van der Waals surface area contributed by atoms with Gasteiger partial charge in [-0.1, -0.05) is 24.3 Å². The van der Waals surface area contributed by atoms with Crippen LogP contribution in [0.3, 0.4) is 0 Å². The largest absolute Gasteiger partial charge is 0.459 e. The van der Waals surface area contributed by atoms with Crippen LogP contribution >= 0.6 is 0 Å². The van der Waals surface area contributed by atoms with Gasteiger partial charge in [0.25, 0.3) is 5.91 Å². The predicted octanol–water partition coefficient (Wildman–Crippen LogP) is 5.23. The van der Waals surface area contributed by atoms with E-state index >= 15 is 0 Å². The number of nitrogens with zero attached hydrogens (tertiary/aromatic N) is 1. The molecule has 1 amide bonds. The van der Waals surface area contributed by atoms with Gasteiger partial charge in [0.1, 0.15) is 5.82 Å². The van der Waals surface area contributed by atoms with Crippen LogP contribution in [-0.4, -0.2) is 15.9 Å². The number of furan rings is 1. The average Bonchev–Trinajstić information content (AvgIpc) is 3.36. The first kappa shape index (κ1) is 15.4. The highest BCUT2D eigenvalue weighted by Crippen LogP contribution is 2.26. The van der Waals surface area contributed by atoms with Gasteiger partial charge in [-0.15, -0.1) is 0 Å². The van der Waals surface area contributed by atoms with Crippen LogP contribution in [0.5, 0.6) is 0 Å². The Balaban J connectivity index is 1.44. The lowest BCUT2D eigenvalue weighted by molar-refractivity contribution is 0.0996. The van der Waals surface area contributed by atoms with Gasteiger partial charge in [0.05, 0.1) is 17.3 Å². The van der Waals surface area contributed by atoms with Crippen LogP contribution in [0, 0.1) is 0 Å². The molecule has 5 aromatic rings. The Morgan fingerprint density at radius 2 is 1.70 bits per heavy atom. The van der Waals surface area contributed by atoms with E-state index in [1.165, 1.54) is 17.0 Å². The molecule has 0 atom stereocenters. The molecule has 2 N–H and O–H groups in total. The van der Waals surface area contributed by atoms with Crippen LogP contribution in [-0.2, 0) is 0 Å². The zero-order chi connectivity index (χ0) is 18.2. The van der Waals surface area contributed by atoms with Crippen molar-refractivity contribution in [3.05, 3.63) is 84.8 Å². The Morgan fingerprint density at radius 1 is 0.926 bits per heavy atom. The van der Waals surface area contributed by atoms with E-state index in [1.807, 2.05) is 36.4 Å². The summed E-state index contributed by atoms with van der Waals surface area (Å²) >= 11 is 0. The first-order valence-corrected chi connectivity index (χ1v) is 8.60. The van der Waals surface area contributed by atoms with Crippen molar-refractivity contribution < 1.29 is 9.21 Å². The van der Waals surface area contributed by atoms with E-state index in [0.717, 1.165) is 22.4 Å². The van der Waals surface area contributed by atoms with Crippen molar-refractivity contribution in [3.8, 4) is 11.4 Å². The van der Waals surface area contributed by atoms with Crippen molar-refractivity contribution >= 4 is 33.4 Å². The van der Waals surface area contributed by atoms with E-state index < -0.39 is 0 Å². The maximum atomic E-state index is 12.0. The second-order valence-electron chi connectivity index (χ2n) is 6.31. The SMILES string of the molecule is O=C(Nc1ccc(-c2nc3cc4ccccc4cc3[nH]2)cc1)c1ccco1. The molecule has 0 bridgehead atoms. The van der Waals surface area contributed by atoms with Crippen LogP contribution in [0.1, 0.15) is 10.6 Å². The molecular formula is C22H15N3O2. The molecule has 3 aromatic carbocycles. The highest BCUT2D eigenvalue weighted by atomic mass is 16.3. The number of aromatic amines is 1. The van der Waals surface area contributed by atoms with Gasteiger partial charge < -0.3 is 14.7 Å². The van der Waals surface area contributed by atoms with Crippen LogP contribution in [0.25, 0.3) is 33.2 Å². The molecule has 0 aliphatic carbocycles. The van der Waals surface area contributed by atoms with Gasteiger partial charge in [-0.3, -0.25) is 4.79 Å². The number of aromatic nitrogens is 2. The molecule has 2 heterocycles. The Kier molecular flexibility index (Phi) is 3.50. The summed E-state index contributed by atoms with van der Waals surface area (Å²) in [5.74, 6) is 0.802. The third-order valence-corrected chi connectivity index (χ3v) is 4.51. The number of benzene rings is 3. The fraction of sp³-hybridized carbons (Fsp3) is 0. The molecule has 0 unspecified atom stereocenters. The average molecular weight is 353 g/mol. The number of carbonyl (C=O) groups excluding carboxylic acids is 1. The quantitative estimate of drug-likeness (QED) is 0.467. The molecule has 0 aliphatic rings. The molecule has 0 saturated heterocycles. The Morgan fingerprint density at radius 3 is 2.44 bits per heavy atom. The second kappa shape index (κ2) is 6.14. The molecule has 5 heteroatoms. The molecular weight excluding hydrogens is 338 g/mol. The molecule has 0 radical (unpaired) electrons. The highest BCUT2D eigenvalue weighted by molar-refractivity contribution is 6.02. The summed E-state index contributed by atoms with van der Waals surface area (Å²) in [5, 5.41) is 5.15. The van der Waals surface area contributed by atoms with Gasteiger partial charge in [-0.25, -0.2) is 4.98 Å². The molecule has 27 heavy (non-hydrogen) atoms. The van der Waals surface area contributed by atoms with E-state index in [0.29, 0.717) is 5.69 Å². The lowest BCUT2D eigenvalue weighted by Crippen LogP contribution is -2.10. The van der Waals surface area contributed by atoms with Crippen molar-refractivity contribution in [2.24, 2.45) is 0 Å². The first-order chi connectivity index (χ1) is 13.3. The Bertz CT molecular complexity index is 1200. The Hall–Kier alpha value is -3.86. The third kappa shape index (κ3) is 2.85. The number of amides is 1. The fourth-order valence-electron chi connectivity index (χ4n) is 3.15. The molecule has 130 valence electrons. The van der Waals surface area contributed by atoms with Crippen LogP contribution in [0.2, 0.25) is 0 Å². The number of hydrogen-bond acceptors (Lipinski definition) is 3. The van der Waals surface area contributed by atoms with Gasteiger partial charge in [-0.2, -0.15) is 0 Å². The van der Waals surface area contributed by atoms with Crippen LogP contribution < -0.4 is 5.32 Å². The summed E-state index contributed by atoms with van der Waals surface area (Å²) in [4.78, 5) is 20.1. The van der Waals surface area contributed by atoms with E-state index in [4.69, 9.17) is 9.40 Å². The first-order valence-electron chi connectivity index (χ1n) is 8.60. The number of imidazole rings is 1. The van der Waals surface area contributed by atoms with E-state index in [1.54, 1.807) is 12.1 Å². The van der Waals surface area contributed by atoms with Gasteiger partial charge in [-0.05, 0) is 59.3 Å². The van der Waals surface area contributed by atoms with Gasteiger partial charge in [0, 0.05) is 11.3 Å². The summed E-state index contributed by atoms with van der Waals surface area (Å²) in [6, 6.07) is 23.3. The molecule has 2 aromatic heterocycles. The number of anilines is 1. The molecule has 0 spiro atoms. The van der Waals surface area contributed by atoms with E-state index in [2.05, 4.69) is 34.6 Å². The summed E-state index contributed by atoms with van der Waals surface area (Å²) in [5.41, 5.74) is 3.58. The van der Waals surface area contributed by atoms with E-state index in [-0.39, 0.29) is 11.7 Å². The van der Waals surface area contributed by atoms with Crippen molar-refractivity contribution in [2.45, 2.75) is 0 Å². The minimum atomic E-state index is -0.275. The second-order valence-corrected chi connectivity index (χ2v) is 6.31. The maximum Gasteiger partial charge on any atom is 0.291 e. The lowest BCUT2D eigenvalue weighted by atomic mass is 10.1. The smallest absolute Gasteiger partial charge is 0.291 e. The number of H-pyrrole nitrogens is 1. The Labute approximate surface area is 154 Å². The number of hydrogen-bond donors (Lipinski definition) is 2. The number of nitrogens with one attached hydrogen (secondary N) is 2. The number of rotatable bonds is 3. The molecule has 0 saturated carbocycles. The number of fused-ring (bicyclic) bond motifs is 2. The fourth-order valence-corrected chi connectivity index (χ4v) is 3.15. The minimum absolute atomic E-state index is 0.275. The molecule has 5 nitrogen and oxygen atoms in total. The lowest BCUT2D eigenvalue weighted by Gasteiger charge is -2.04. The van der Waals surface area contributed by atoms with Gasteiger partial charge >= 0.3 is 0 Å². The zero-order valence-electron chi connectivity index (χ0n) is 14.3. The summed E-state index contributed by atoms with van der Waals surface area (Å²) < 4.78 is 5.10. The van der Waals surface area contributed by atoms with E-state index in [9.17, 15) is 4.79 Å². The third-order valence-electron chi connectivity index (χ3n) is 4.51. The van der Waals surface area contributed by atoms with Crippen LogP contribution in [0.15, 0.2) is 83.5 Å². The van der Waals surface area contributed by atoms with Gasteiger partial charge in [0.15, 0.2) is 5.76 Å².